The third-order valence-electron chi connectivity index (χ3n) is 13.3. The van der Waals surface area contributed by atoms with Gasteiger partial charge in [0.25, 0.3) is 7.82 Å². The summed E-state index contributed by atoms with van der Waals surface area (Å²) in [4.78, 5) is 37.9. The van der Waals surface area contributed by atoms with Crippen LogP contribution in [0.1, 0.15) is 284 Å². The van der Waals surface area contributed by atoms with E-state index < -0.39 is 26.5 Å². The van der Waals surface area contributed by atoms with E-state index in [4.69, 9.17) is 18.5 Å². The molecular weight excluding hydrogens is 918 g/mol. The van der Waals surface area contributed by atoms with Crippen molar-refractivity contribution in [2.75, 3.05) is 47.5 Å². The molecule has 9 nitrogen and oxygen atoms in total. The zero-order valence-corrected chi connectivity index (χ0v) is 48.8. The number of hydrogen-bond acceptors (Lipinski definition) is 8. The number of phosphoric acid groups is 1. The monoisotopic (exact) mass is 1030 g/mol. The van der Waals surface area contributed by atoms with Crippen molar-refractivity contribution in [3.63, 3.8) is 0 Å². The number of ether oxygens (including phenoxy) is 2. The minimum Gasteiger partial charge on any atom is -0.756 e. The van der Waals surface area contributed by atoms with Crippen LogP contribution in [0.15, 0.2) is 48.6 Å². The fraction of sp³-hybridized carbons (Fsp3) is 0.839. The van der Waals surface area contributed by atoms with Crippen LogP contribution < -0.4 is 4.89 Å². The van der Waals surface area contributed by atoms with Gasteiger partial charge < -0.3 is 27.9 Å². The van der Waals surface area contributed by atoms with Crippen molar-refractivity contribution in [3.8, 4) is 0 Å². The quantitative estimate of drug-likeness (QED) is 0.0195. The van der Waals surface area contributed by atoms with Crippen molar-refractivity contribution in [1.29, 1.82) is 0 Å². The number of rotatable bonds is 56. The van der Waals surface area contributed by atoms with Gasteiger partial charge >= 0.3 is 11.9 Å². The fourth-order valence-corrected chi connectivity index (χ4v) is 9.40. The Morgan fingerprint density at radius 3 is 1.19 bits per heavy atom. The molecule has 0 N–H and O–H groups in total. The molecule has 0 heterocycles. The van der Waals surface area contributed by atoms with E-state index in [-0.39, 0.29) is 32.0 Å². The summed E-state index contributed by atoms with van der Waals surface area (Å²) in [5, 5.41) is 0. The van der Waals surface area contributed by atoms with Crippen molar-refractivity contribution in [3.05, 3.63) is 48.6 Å². The SMILES string of the molecule is CC/C=C\C/C=C\C/C=C\CCCCCCCCCC(=O)OC(COC(=O)CCCCCCCCCCCCCCCCCCCCC/C=C\CCCCCCCCCC)COP(=O)([O-])OCC[N+](C)(C)C. The molecule has 0 aliphatic rings. The highest BCUT2D eigenvalue weighted by molar-refractivity contribution is 7.45. The minimum absolute atomic E-state index is 0.0328. The Morgan fingerprint density at radius 2 is 0.792 bits per heavy atom. The van der Waals surface area contributed by atoms with Gasteiger partial charge in [0.1, 0.15) is 19.8 Å². The Kier molecular flexibility index (Phi) is 52.3. The van der Waals surface area contributed by atoms with E-state index >= 15 is 0 Å². The molecule has 2 atom stereocenters. The van der Waals surface area contributed by atoms with Crippen molar-refractivity contribution in [1.82, 2.24) is 0 Å². The van der Waals surface area contributed by atoms with E-state index in [1.54, 1.807) is 0 Å². The lowest BCUT2D eigenvalue weighted by Crippen LogP contribution is -2.37. The Balaban J connectivity index is 4.03. The van der Waals surface area contributed by atoms with E-state index in [9.17, 15) is 19.0 Å². The summed E-state index contributed by atoms with van der Waals surface area (Å²) >= 11 is 0. The van der Waals surface area contributed by atoms with Crippen molar-refractivity contribution >= 4 is 19.8 Å². The first-order valence-electron chi connectivity index (χ1n) is 30.3. The lowest BCUT2D eigenvalue weighted by Gasteiger charge is -2.28. The van der Waals surface area contributed by atoms with Crippen molar-refractivity contribution in [2.24, 2.45) is 0 Å². The summed E-state index contributed by atoms with van der Waals surface area (Å²) < 4.78 is 34.2. The molecule has 0 aromatic heterocycles. The Hall–Kier alpha value is -2.03. The lowest BCUT2D eigenvalue weighted by molar-refractivity contribution is -0.870. The van der Waals surface area contributed by atoms with Crippen LogP contribution in [0.4, 0.5) is 0 Å². The highest BCUT2D eigenvalue weighted by Gasteiger charge is 2.22. The number of allylic oxidation sites excluding steroid dienone is 8. The fourth-order valence-electron chi connectivity index (χ4n) is 8.67. The summed E-state index contributed by atoms with van der Waals surface area (Å²) in [6.07, 6.45) is 67.5. The Labute approximate surface area is 445 Å². The molecular formula is C62H116NO8P. The maximum atomic E-state index is 12.8. The molecule has 0 saturated heterocycles. The Morgan fingerprint density at radius 1 is 0.444 bits per heavy atom. The number of phosphoric ester groups is 1. The van der Waals surface area contributed by atoms with Crippen molar-refractivity contribution in [2.45, 2.75) is 290 Å². The molecule has 72 heavy (non-hydrogen) atoms. The first kappa shape index (κ1) is 70.0. The van der Waals surface area contributed by atoms with Gasteiger partial charge in [-0.25, -0.2) is 0 Å². The summed E-state index contributed by atoms with van der Waals surface area (Å²) in [6.45, 7) is 4.15. The van der Waals surface area contributed by atoms with Crippen LogP contribution in [0.3, 0.4) is 0 Å². The maximum absolute atomic E-state index is 12.8. The molecule has 0 fully saturated rings. The van der Waals surface area contributed by atoms with Crippen LogP contribution in [0.2, 0.25) is 0 Å². The van der Waals surface area contributed by atoms with Gasteiger partial charge in [0.05, 0.1) is 27.7 Å². The van der Waals surface area contributed by atoms with Gasteiger partial charge in [0.15, 0.2) is 6.10 Å². The molecule has 2 unspecified atom stereocenters. The molecule has 0 spiro atoms. The third kappa shape index (κ3) is 57.3. The van der Waals surface area contributed by atoms with Crippen LogP contribution in [-0.4, -0.2) is 70.0 Å². The van der Waals surface area contributed by atoms with E-state index in [0.717, 1.165) is 64.2 Å². The van der Waals surface area contributed by atoms with Crippen LogP contribution in [0.5, 0.6) is 0 Å². The molecule has 0 aliphatic carbocycles. The molecule has 0 aromatic carbocycles. The first-order valence-corrected chi connectivity index (χ1v) is 31.8. The van der Waals surface area contributed by atoms with Gasteiger partial charge in [0, 0.05) is 12.8 Å². The predicted octanol–water partition coefficient (Wildman–Crippen LogP) is 18.3. The van der Waals surface area contributed by atoms with E-state index in [1.165, 1.54) is 186 Å². The smallest absolute Gasteiger partial charge is 0.306 e. The van der Waals surface area contributed by atoms with Crippen molar-refractivity contribution < 1.29 is 42.1 Å². The number of carbonyl (C=O) groups is 2. The van der Waals surface area contributed by atoms with Gasteiger partial charge in [-0.3, -0.25) is 14.2 Å². The van der Waals surface area contributed by atoms with Crippen LogP contribution >= 0.6 is 7.82 Å². The number of quaternary nitrogens is 1. The molecule has 10 heteroatoms. The van der Waals surface area contributed by atoms with Crippen LogP contribution in [-0.2, 0) is 32.7 Å². The molecule has 0 radical (unpaired) electrons. The number of hydrogen-bond donors (Lipinski definition) is 0. The first-order chi connectivity index (χ1) is 35.0. The lowest BCUT2D eigenvalue weighted by atomic mass is 10.0. The molecule has 0 saturated carbocycles. The third-order valence-corrected chi connectivity index (χ3v) is 14.3. The highest BCUT2D eigenvalue weighted by atomic mass is 31.2. The summed E-state index contributed by atoms with van der Waals surface area (Å²) in [6, 6.07) is 0. The predicted molar refractivity (Wildman–Crippen MR) is 305 cm³/mol. The highest BCUT2D eigenvalue weighted by Crippen LogP contribution is 2.38. The average molecular weight is 1030 g/mol. The maximum Gasteiger partial charge on any atom is 0.306 e. The summed E-state index contributed by atoms with van der Waals surface area (Å²) in [7, 11) is 1.16. The zero-order valence-electron chi connectivity index (χ0n) is 47.9. The van der Waals surface area contributed by atoms with Gasteiger partial charge in [-0.2, -0.15) is 0 Å². The standard InChI is InChI=1S/C62H116NO8P/c1-6-8-10-12-14-16-18-20-22-24-25-26-27-28-29-30-31-32-33-34-35-36-37-39-40-42-44-46-48-50-52-54-61(64)68-58-60(59-70-72(66,67)69-57-56-63(3,4)5)71-62(65)55-53-51-49-47-45-43-41-38-23-21-19-17-15-13-11-9-7-2/h9,11,15,17,21,23-25,60H,6-8,10,12-14,16,18-20,22,26-59H2,1-5H3/b11-9-,17-15-,23-21-,25-24-. The number of unbranched alkanes of at least 4 members (excludes halogenated alkanes) is 34. The number of carbonyl (C=O) groups excluding carboxylic acids is 2. The van der Waals surface area contributed by atoms with E-state index in [1.807, 2.05) is 21.1 Å². The molecule has 0 bridgehead atoms. The molecule has 422 valence electrons. The van der Waals surface area contributed by atoms with Gasteiger partial charge in [0.2, 0.25) is 0 Å². The second kappa shape index (κ2) is 53.8. The topological polar surface area (TPSA) is 111 Å². The normalized spacial score (nSPS) is 13.6. The molecule has 0 rings (SSSR count). The molecule has 0 aliphatic heterocycles. The second-order valence-electron chi connectivity index (χ2n) is 21.7. The number of nitrogens with zero attached hydrogens (tertiary/aromatic N) is 1. The van der Waals surface area contributed by atoms with E-state index in [0.29, 0.717) is 17.4 Å². The average Bonchev–Trinajstić information content (AvgIpc) is 3.34. The van der Waals surface area contributed by atoms with Crippen LogP contribution in [0, 0.1) is 0 Å². The molecule has 0 amide bonds. The number of likely N-dealkylation sites (N-methyl/N-ethyl adjacent to an activating group) is 1. The summed E-state index contributed by atoms with van der Waals surface area (Å²) in [5.74, 6) is -0.835. The van der Waals surface area contributed by atoms with Gasteiger partial charge in [-0.15, -0.1) is 0 Å². The largest absolute Gasteiger partial charge is 0.756 e. The number of esters is 2. The second-order valence-corrected chi connectivity index (χ2v) is 23.1. The Bertz CT molecular complexity index is 1360. The van der Waals surface area contributed by atoms with E-state index in [2.05, 4.69) is 62.5 Å². The zero-order chi connectivity index (χ0) is 52.7. The van der Waals surface area contributed by atoms with Crippen LogP contribution in [0.25, 0.3) is 0 Å². The summed E-state index contributed by atoms with van der Waals surface area (Å²) in [5.41, 5.74) is 0. The minimum atomic E-state index is -4.64. The van der Waals surface area contributed by atoms with Gasteiger partial charge in [-0.1, -0.05) is 249 Å². The van der Waals surface area contributed by atoms with Gasteiger partial charge in [-0.05, 0) is 70.6 Å². The molecule has 0 aromatic rings.